The summed E-state index contributed by atoms with van der Waals surface area (Å²) in [6.07, 6.45) is 5.80. The van der Waals surface area contributed by atoms with E-state index in [0.717, 1.165) is 0 Å². The molecule has 0 aromatic heterocycles. The fraction of sp³-hybridized carbons (Fsp3) is 0.333. The fourth-order valence-corrected chi connectivity index (χ4v) is 11.0. The van der Waals surface area contributed by atoms with E-state index < -0.39 is 23.7 Å². The molecule has 3 N–H and O–H groups in total. The summed E-state index contributed by atoms with van der Waals surface area (Å²) in [5.74, 6) is -0.00201. The highest BCUT2D eigenvalue weighted by Gasteiger charge is 2.60. The molecule has 11 heteroatoms. The van der Waals surface area contributed by atoms with E-state index in [4.69, 9.17) is 39.2 Å². The highest BCUT2D eigenvalue weighted by molar-refractivity contribution is 6.99. The van der Waals surface area contributed by atoms with Gasteiger partial charge in [0.15, 0.2) is 5.66 Å². The molecule has 1 amide bonds. The van der Waals surface area contributed by atoms with Crippen LogP contribution in [0.5, 0.6) is 0 Å². The first-order valence-electron chi connectivity index (χ1n) is 13.4. The molecule has 2 saturated heterocycles. The smallest absolute Gasteiger partial charge is 0.300 e. The molecule has 2 aromatic carbocycles. The highest BCUT2D eigenvalue weighted by Crippen LogP contribution is 2.40. The summed E-state index contributed by atoms with van der Waals surface area (Å²) in [5.41, 5.74) is -0.798. The SMILES string of the molecule is C=C[C@@H]1C=CC23NC(=C)N[C@H]2[C@H](CO[Si](c2ccccc2)(c2ccccc2)C(C)(C)C)N/C(=N/C(=O)C(Cl)(Cl)Cl)N13. The molecule has 7 nitrogen and oxygen atoms in total. The Hall–Kier alpha value is -2.75. The molecule has 5 rings (SSSR count). The summed E-state index contributed by atoms with van der Waals surface area (Å²) in [7, 11) is -2.86. The zero-order valence-electron chi connectivity index (χ0n) is 23.2. The van der Waals surface area contributed by atoms with Crippen LogP contribution < -0.4 is 26.3 Å². The van der Waals surface area contributed by atoms with E-state index in [1.807, 2.05) is 29.2 Å². The predicted molar refractivity (Wildman–Crippen MR) is 170 cm³/mol. The molecule has 41 heavy (non-hydrogen) atoms. The largest absolute Gasteiger partial charge is 0.405 e. The van der Waals surface area contributed by atoms with Crippen molar-refractivity contribution in [3.8, 4) is 0 Å². The quantitative estimate of drug-likeness (QED) is 0.255. The molecule has 0 saturated carbocycles. The van der Waals surface area contributed by atoms with Gasteiger partial charge in [0, 0.05) is 0 Å². The van der Waals surface area contributed by atoms with Gasteiger partial charge in [-0.1, -0.05) is 135 Å². The van der Waals surface area contributed by atoms with Gasteiger partial charge in [-0.15, -0.1) is 6.58 Å². The second-order valence-corrected chi connectivity index (χ2v) is 18.1. The number of nitrogens with zero attached hydrogens (tertiary/aromatic N) is 2. The van der Waals surface area contributed by atoms with E-state index >= 15 is 0 Å². The first-order valence-corrected chi connectivity index (χ1v) is 16.4. The predicted octanol–water partition coefficient (Wildman–Crippen LogP) is 3.94. The Kier molecular flexibility index (Phi) is 7.85. The number of benzene rings is 2. The van der Waals surface area contributed by atoms with Gasteiger partial charge >= 0.3 is 5.91 Å². The van der Waals surface area contributed by atoms with Crippen molar-refractivity contribution in [2.75, 3.05) is 6.61 Å². The standard InChI is InChI=1S/C30H34Cl3N5O2Si/c1-6-21-17-18-29-25(34-20(2)37-29)24(35-27(38(21)29)36-26(39)30(31,32)33)19-40-41(28(3,4)5,22-13-9-7-10-14-22)23-15-11-8-12-16-23/h6-18,21,24-25,34,37H,1-2,19H2,3-5H3,(H,35,36,39)/t21-,24+,25+,29?/m1/s1. The van der Waals surface area contributed by atoms with Crippen molar-refractivity contribution < 1.29 is 9.22 Å². The fourth-order valence-electron chi connectivity index (χ4n) is 6.25. The molecule has 0 aliphatic carbocycles. The molecule has 3 aliphatic heterocycles. The number of carbonyl (C=O) groups excluding carboxylic acids is 1. The average Bonchev–Trinajstić information content (AvgIpc) is 3.47. The van der Waals surface area contributed by atoms with Crippen molar-refractivity contribution in [1.29, 1.82) is 0 Å². The van der Waals surface area contributed by atoms with Gasteiger partial charge < -0.3 is 25.3 Å². The Morgan fingerprint density at radius 2 is 1.66 bits per heavy atom. The van der Waals surface area contributed by atoms with Crippen molar-refractivity contribution in [2.24, 2.45) is 4.99 Å². The highest BCUT2D eigenvalue weighted by atomic mass is 35.6. The lowest BCUT2D eigenvalue weighted by Crippen LogP contribution is -2.76. The van der Waals surface area contributed by atoms with Crippen molar-refractivity contribution in [3.05, 3.63) is 97.9 Å². The maximum Gasteiger partial charge on any atom is 0.300 e. The van der Waals surface area contributed by atoms with Gasteiger partial charge in [0.1, 0.15) is 0 Å². The van der Waals surface area contributed by atoms with Crippen molar-refractivity contribution in [3.63, 3.8) is 0 Å². The average molecular weight is 631 g/mol. The second-order valence-electron chi connectivity index (χ2n) is 11.5. The number of carbonyl (C=O) groups is 1. The van der Waals surface area contributed by atoms with Crippen molar-refractivity contribution in [2.45, 2.75) is 53.4 Å². The van der Waals surface area contributed by atoms with Crippen LogP contribution in [0.1, 0.15) is 20.8 Å². The van der Waals surface area contributed by atoms with Crippen LogP contribution in [0, 0.1) is 0 Å². The summed E-state index contributed by atoms with van der Waals surface area (Å²) >= 11 is 17.8. The maximum atomic E-state index is 12.8. The number of guanidine groups is 1. The molecule has 0 radical (unpaired) electrons. The number of alkyl halides is 3. The van der Waals surface area contributed by atoms with E-state index in [0.29, 0.717) is 12.4 Å². The van der Waals surface area contributed by atoms with Gasteiger partial charge in [0.2, 0.25) is 5.96 Å². The van der Waals surface area contributed by atoms with Gasteiger partial charge in [-0.2, -0.15) is 4.99 Å². The van der Waals surface area contributed by atoms with Gasteiger partial charge in [-0.05, 0) is 21.5 Å². The third-order valence-electron chi connectivity index (χ3n) is 7.93. The third-order valence-corrected chi connectivity index (χ3v) is 13.4. The zero-order chi connectivity index (χ0) is 29.6. The monoisotopic (exact) mass is 629 g/mol. The van der Waals surface area contributed by atoms with Gasteiger partial charge in [0.05, 0.1) is 30.6 Å². The van der Waals surface area contributed by atoms with Crippen LogP contribution in [-0.2, 0) is 9.22 Å². The molecule has 216 valence electrons. The normalized spacial score (nSPS) is 26.6. The Bertz CT molecular complexity index is 1350. The minimum Gasteiger partial charge on any atom is -0.405 e. The number of rotatable bonds is 6. The maximum absolute atomic E-state index is 12.8. The molecule has 2 aromatic rings. The number of hydrogen-bond donors (Lipinski definition) is 3. The molecule has 1 unspecified atom stereocenters. The van der Waals surface area contributed by atoms with E-state index in [-0.39, 0.29) is 29.1 Å². The van der Waals surface area contributed by atoms with Crippen LogP contribution in [0.4, 0.5) is 0 Å². The molecule has 1 spiro atoms. The van der Waals surface area contributed by atoms with Gasteiger partial charge in [-0.3, -0.25) is 4.79 Å². The van der Waals surface area contributed by atoms with Crippen molar-refractivity contribution in [1.82, 2.24) is 20.9 Å². The molecule has 3 heterocycles. The number of halogens is 3. The molecular weight excluding hydrogens is 597 g/mol. The summed E-state index contributed by atoms with van der Waals surface area (Å²) < 4.78 is 5.06. The Morgan fingerprint density at radius 1 is 1.07 bits per heavy atom. The molecule has 4 atom stereocenters. The summed E-state index contributed by atoms with van der Waals surface area (Å²) in [5, 5.41) is 12.5. The molecule has 0 bridgehead atoms. The summed E-state index contributed by atoms with van der Waals surface area (Å²) in [6, 6.07) is 20.0. The minimum absolute atomic E-state index is 0.220. The Balaban J connectivity index is 1.60. The lowest BCUT2D eigenvalue weighted by atomic mass is 9.92. The van der Waals surface area contributed by atoms with Crippen LogP contribution in [0.15, 0.2) is 103 Å². The molecule has 3 aliphatic rings. The van der Waals surface area contributed by atoms with Crippen molar-refractivity contribution >= 4 is 65.4 Å². The van der Waals surface area contributed by atoms with Crippen LogP contribution in [-0.4, -0.2) is 59.3 Å². The topological polar surface area (TPSA) is 78.0 Å². The van der Waals surface area contributed by atoms with E-state index in [1.165, 1.54) is 10.4 Å². The van der Waals surface area contributed by atoms with Gasteiger partial charge in [-0.25, -0.2) is 0 Å². The zero-order valence-corrected chi connectivity index (χ0v) is 26.5. The van der Waals surface area contributed by atoms with Crippen LogP contribution in [0.3, 0.4) is 0 Å². The number of aliphatic imine (C=N–C) groups is 1. The number of amides is 1. The van der Waals surface area contributed by atoms with E-state index in [9.17, 15) is 4.79 Å². The Morgan fingerprint density at radius 3 is 2.17 bits per heavy atom. The summed E-state index contributed by atoms with van der Waals surface area (Å²) in [6.45, 7) is 15.1. The first-order chi connectivity index (χ1) is 19.3. The first kappa shape index (κ1) is 29.7. The third kappa shape index (κ3) is 5.10. The Labute approximate surface area is 257 Å². The van der Waals surface area contributed by atoms with E-state index in [1.54, 1.807) is 6.08 Å². The second kappa shape index (κ2) is 10.8. The number of hydrogen-bond acceptors (Lipinski definition) is 4. The minimum atomic E-state index is -2.86. The lowest BCUT2D eigenvalue weighted by Gasteiger charge is -2.51. The van der Waals surface area contributed by atoms with E-state index in [2.05, 4.69) is 103 Å². The number of nitrogens with one attached hydrogen (secondary N) is 3. The van der Waals surface area contributed by atoms with Crippen LogP contribution in [0.25, 0.3) is 0 Å². The van der Waals surface area contributed by atoms with Gasteiger partial charge in [0.25, 0.3) is 12.1 Å². The van der Waals surface area contributed by atoms with Crippen LogP contribution in [0.2, 0.25) is 5.04 Å². The summed E-state index contributed by atoms with van der Waals surface area (Å²) in [4.78, 5) is 19.0. The molecular formula is C30H34Cl3N5O2Si. The lowest BCUT2D eigenvalue weighted by molar-refractivity contribution is -0.117. The molecule has 2 fully saturated rings. The van der Waals surface area contributed by atoms with Crippen LogP contribution >= 0.6 is 34.8 Å².